The second-order valence-electron chi connectivity index (χ2n) is 9.41. The monoisotopic (exact) mass is 554 g/mol. The van der Waals surface area contributed by atoms with E-state index in [1.165, 1.54) is 30.3 Å². The Kier molecular flexibility index (Phi) is 11.1. The molecule has 0 aliphatic carbocycles. The van der Waals surface area contributed by atoms with Crippen molar-refractivity contribution in [2.75, 3.05) is 11.9 Å². The van der Waals surface area contributed by atoms with Crippen LogP contribution in [0.1, 0.15) is 81.0 Å². The number of hydrogen-bond donors (Lipinski definition) is 1. The molecule has 0 radical (unpaired) electrons. The molecule has 2 heterocycles. The molecule has 0 unspecified atom stereocenters. The third-order valence-corrected chi connectivity index (χ3v) is 8.00. The SMILES string of the molecule is CCCCCCCN1C(=O)/C(=C\c2c(C)c(C#N)c(=O)n(CCCC)c2NCc2ccc(F)cc2)SC1=S. The van der Waals surface area contributed by atoms with Crippen molar-refractivity contribution in [1.82, 2.24) is 9.47 Å². The summed E-state index contributed by atoms with van der Waals surface area (Å²) in [6.45, 7) is 7.28. The number of unbranched alkanes of at least 4 members (excludes halogenated alkanes) is 5. The average Bonchev–Trinajstić information content (AvgIpc) is 3.17. The van der Waals surface area contributed by atoms with Crippen LogP contribution in [0.2, 0.25) is 0 Å². The highest BCUT2D eigenvalue weighted by atomic mass is 32.2. The van der Waals surface area contributed by atoms with E-state index in [-0.39, 0.29) is 22.8 Å². The summed E-state index contributed by atoms with van der Waals surface area (Å²) in [4.78, 5) is 28.7. The van der Waals surface area contributed by atoms with Gasteiger partial charge in [-0.3, -0.25) is 19.1 Å². The lowest BCUT2D eigenvalue weighted by Gasteiger charge is -2.20. The highest BCUT2D eigenvalue weighted by molar-refractivity contribution is 8.26. The van der Waals surface area contributed by atoms with Gasteiger partial charge in [0.1, 0.15) is 27.6 Å². The number of nitrogens with zero attached hydrogens (tertiary/aromatic N) is 3. The van der Waals surface area contributed by atoms with E-state index in [1.807, 2.05) is 6.92 Å². The topological polar surface area (TPSA) is 78.1 Å². The fourth-order valence-electron chi connectivity index (χ4n) is 4.37. The Morgan fingerprint density at radius 3 is 2.39 bits per heavy atom. The number of halogens is 1. The Hall–Kier alpha value is -2.96. The molecule has 1 aliphatic rings. The number of anilines is 1. The molecular formula is C29H35FN4O2S2. The number of thioether (sulfide) groups is 1. The van der Waals surface area contributed by atoms with E-state index in [1.54, 1.807) is 34.6 Å². The van der Waals surface area contributed by atoms with Crippen molar-refractivity contribution in [1.29, 1.82) is 5.26 Å². The largest absolute Gasteiger partial charge is 0.367 e. The quantitative estimate of drug-likeness (QED) is 0.168. The molecule has 1 aliphatic heterocycles. The molecule has 2 aromatic rings. The standard InChI is InChI=1S/C29H35FN4O2S2/c1-4-6-8-9-10-16-34-28(36)25(38-29(34)37)17-23-20(3)24(18-31)27(35)33(15-7-5-2)26(23)32-19-21-11-13-22(30)14-12-21/h11-14,17,32H,4-10,15-16,19H2,1-3H3/b25-17+. The fraction of sp³-hybridized carbons (Fsp3) is 0.448. The Bertz CT molecular complexity index is 1300. The van der Waals surface area contributed by atoms with Gasteiger partial charge in [0, 0.05) is 25.2 Å². The minimum absolute atomic E-state index is 0.0612. The number of nitrogens with one attached hydrogen (secondary N) is 1. The number of carbonyl (C=O) groups excluding carboxylic acids is 1. The van der Waals surface area contributed by atoms with Crippen LogP contribution in [-0.4, -0.2) is 26.2 Å². The maximum absolute atomic E-state index is 13.4. The number of rotatable bonds is 13. The van der Waals surface area contributed by atoms with Crippen LogP contribution in [0.4, 0.5) is 10.2 Å². The minimum atomic E-state index is -0.364. The Labute approximate surface area is 233 Å². The van der Waals surface area contributed by atoms with Gasteiger partial charge >= 0.3 is 0 Å². The predicted octanol–water partition coefficient (Wildman–Crippen LogP) is 6.75. The Balaban J connectivity index is 2.01. The van der Waals surface area contributed by atoms with Crippen molar-refractivity contribution >= 4 is 46.1 Å². The van der Waals surface area contributed by atoms with Crippen LogP contribution >= 0.6 is 24.0 Å². The normalized spacial score (nSPS) is 14.4. The number of benzene rings is 1. The van der Waals surface area contributed by atoms with Crippen LogP contribution in [0.5, 0.6) is 0 Å². The number of amides is 1. The first-order valence-electron chi connectivity index (χ1n) is 13.2. The number of carbonyl (C=O) groups is 1. The smallest absolute Gasteiger partial charge is 0.270 e. The lowest BCUT2D eigenvalue weighted by Crippen LogP contribution is -2.29. The van der Waals surface area contributed by atoms with Gasteiger partial charge in [-0.25, -0.2) is 4.39 Å². The third-order valence-electron chi connectivity index (χ3n) is 6.62. The van der Waals surface area contributed by atoms with Crippen molar-refractivity contribution in [3.05, 3.63) is 67.6 Å². The highest BCUT2D eigenvalue weighted by Crippen LogP contribution is 2.35. The van der Waals surface area contributed by atoms with Crippen molar-refractivity contribution < 1.29 is 9.18 Å². The van der Waals surface area contributed by atoms with E-state index >= 15 is 0 Å². The van der Waals surface area contributed by atoms with Gasteiger partial charge in [-0.1, -0.05) is 82.1 Å². The van der Waals surface area contributed by atoms with Crippen LogP contribution in [-0.2, 0) is 17.9 Å². The van der Waals surface area contributed by atoms with Gasteiger partial charge < -0.3 is 5.32 Å². The summed E-state index contributed by atoms with van der Waals surface area (Å²) in [6.07, 6.45) is 8.79. The molecule has 1 aromatic carbocycles. The van der Waals surface area contributed by atoms with Crippen molar-refractivity contribution in [2.45, 2.75) is 78.8 Å². The van der Waals surface area contributed by atoms with E-state index in [4.69, 9.17) is 12.2 Å². The zero-order chi connectivity index (χ0) is 27.7. The summed E-state index contributed by atoms with van der Waals surface area (Å²) in [5, 5.41) is 13.2. The number of nitriles is 1. The fourth-order valence-corrected chi connectivity index (χ4v) is 5.66. The average molecular weight is 555 g/mol. The first-order valence-corrected chi connectivity index (χ1v) is 14.5. The molecule has 9 heteroatoms. The van der Waals surface area contributed by atoms with Crippen LogP contribution in [0.15, 0.2) is 34.0 Å². The maximum Gasteiger partial charge on any atom is 0.270 e. The summed E-state index contributed by atoms with van der Waals surface area (Å²) in [5.41, 5.74) is 1.66. The molecule has 1 aromatic heterocycles. The van der Waals surface area contributed by atoms with Crippen LogP contribution in [0.25, 0.3) is 6.08 Å². The van der Waals surface area contributed by atoms with Crippen LogP contribution in [0, 0.1) is 24.1 Å². The van der Waals surface area contributed by atoms with Crippen molar-refractivity contribution in [3.8, 4) is 6.07 Å². The van der Waals surface area contributed by atoms with E-state index in [0.717, 1.165) is 44.1 Å². The van der Waals surface area contributed by atoms with Gasteiger partial charge in [-0.2, -0.15) is 5.26 Å². The van der Waals surface area contributed by atoms with Gasteiger partial charge in [-0.15, -0.1) is 0 Å². The summed E-state index contributed by atoms with van der Waals surface area (Å²) >= 11 is 6.78. The van der Waals surface area contributed by atoms with E-state index < -0.39 is 0 Å². The van der Waals surface area contributed by atoms with Gasteiger partial charge in [-0.05, 0) is 49.1 Å². The highest BCUT2D eigenvalue weighted by Gasteiger charge is 2.32. The first kappa shape index (κ1) is 29.6. The van der Waals surface area contributed by atoms with E-state index in [2.05, 4.69) is 18.3 Å². The van der Waals surface area contributed by atoms with Gasteiger partial charge in [0.15, 0.2) is 0 Å². The molecule has 1 saturated heterocycles. The molecule has 0 saturated carbocycles. The zero-order valence-electron chi connectivity index (χ0n) is 22.3. The minimum Gasteiger partial charge on any atom is -0.367 e. The third kappa shape index (κ3) is 7.12. The zero-order valence-corrected chi connectivity index (χ0v) is 23.9. The second-order valence-corrected chi connectivity index (χ2v) is 11.1. The summed E-state index contributed by atoms with van der Waals surface area (Å²) in [6, 6.07) is 8.20. The lowest BCUT2D eigenvalue weighted by molar-refractivity contribution is -0.122. The van der Waals surface area contributed by atoms with E-state index in [0.29, 0.717) is 45.8 Å². The molecule has 1 fully saturated rings. The molecule has 38 heavy (non-hydrogen) atoms. The Morgan fingerprint density at radius 2 is 1.74 bits per heavy atom. The molecule has 0 atom stereocenters. The van der Waals surface area contributed by atoms with E-state index in [9.17, 15) is 19.2 Å². The lowest BCUT2D eigenvalue weighted by atomic mass is 10.0. The molecule has 6 nitrogen and oxygen atoms in total. The first-order chi connectivity index (χ1) is 18.3. The number of aromatic nitrogens is 1. The molecule has 3 rings (SSSR count). The number of thiocarbonyl (C=S) groups is 1. The van der Waals surface area contributed by atoms with Crippen LogP contribution in [0.3, 0.4) is 0 Å². The number of pyridine rings is 1. The predicted molar refractivity (Wildman–Crippen MR) is 157 cm³/mol. The molecule has 202 valence electrons. The van der Waals surface area contributed by atoms with Crippen molar-refractivity contribution in [3.63, 3.8) is 0 Å². The van der Waals surface area contributed by atoms with Gasteiger partial charge in [0.25, 0.3) is 11.5 Å². The maximum atomic E-state index is 13.4. The Morgan fingerprint density at radius 1 is 1.05 bits per heavy atom. The van der Waals surface area contributed by atoms with Gasteiger partial charge in [0.2, 0.25) is 0 Å². The summed E-state index contributed by atoms with van der Waals surface area (Å²) in [5.74, 6) is 0.0641. The molecular weight excluding hydrogens is 519 g/mol. The molecule has 1 N–H and O–H groups in total. The summed E-state index contributed by atoms with van der Waals surface area (Å²) in [7, 11) is 0. The van der Waals surface area contributed by atoms with Gasteiger partial charge in [0.05, 0.1) is 4.91 Å². The summed E-state index contributed by atoms with van der Waals surface area (Å²) < 4.78 is 15.5. The number of hydrogen-bond acceptors (Lipinski definition) is 6. The van der Waals surface area contributed by atoms with Crippen LogP contribution < -0.4 is 10.9 Å². The second kappa shape index (κ2) is 14.3. The molecule has 1 amide bonds. The molecule has 0 bridgehead atoms. The molecule has 0 spiro atoms. The van der Waals surface area contributed by atoms with Crippen molar-refractivity contribution in [2.24, 2.45) is 0 Å².